The summed E-state index contributed by atoms with van der Waals surface area (Å²) in [4.78, 5) is 18.1. The molecule has 3 aromatic carbocycles. The van der Waals surface area contributed by atoms with E-state index in [1.165, 1.54) is 0 Å². The number of carbonyl (C=O) groups excluding carboxylic acids is 1. The molecule has 1 N–H and O–H groups in total. The monoisotopic (exact) mass is 482 g/mol. The van der Waals surface area contributed by atoms with E-state index in [1.807, 2.05) is 68.4 Å². The zero-order valence-electron chi connectivity index (χ0n) is 19.4. The average molecular weight is 483 g/mol. The predicted molar refractivity (Wildman–Crippen MR) is 140 cm³/mol. The smallest absolute Gasteiger partial charge is 0.296 e. The maximum Gasteiger partial charge on any atom is 0.296 e. The van der Waals surface area contributed by atoms with Crippen LogP contribution in [0.4, 0.5) is 5.69 Å². The lowest BCUT2D eigenvalue weighted by atomic mass is 10.0. The fourth-order valence-electron chi connectivity index (χ4n) is 4.27. The summed E-state index contributed by atoms with van der Waals surface area (Å²) in [7, 11) is 0. The van der Waals surface area contributed by atoms with E-state index in [0.29, 0.717) is 39.1 Å². The van der Waals surface area contributed by atoms with Crippen molar-refractivity contribution < 1.29 is 9.90 Å². The number of carbonyl (C=O) groups is 1. The molecule has 5 aromatic rings. The van der Waals surface area contributed by atoms with Crippen LogP contribution in [0.25, 0.3) is 33.1 Å². The Morgan fingerprint density at radius 3 is 2.60 bits per heavy atom. The Kier molecular flexibility index (Phi) is 6.05. The number of amides is 1. The highest BCUT2D eigenvalue weighted by Crippen LogP contribution is 2.40. The van der Waals surface area contributed by atoms with Gasteiger partial charge in [-0.2, -0.15) is 0 Å². The number of halogens is 1. The molecule has 0 saturated carbocycles. The first-order valence-electron chi connectivity index (χ1n) is 11.4. The zero-order valence-corrected chi connectivity index (χ0v) is 20.1. The summed E-state index contributed by atoms with van der Waals surface area (Å²) < 4.78 is 1.75. The van der Waals surface area contributed by atoms with Crippen LogP contribution in [-0.4, -0.2) is 20.6 Å². The summed E-state index contributed by atoms with van der Waals surface area (Å²) in [5, 5.41) is 21.0. The van der Waals surface area contributed by atoms with Gasteiger partial charge in [-0.1, -0.05) is 60.5 Å². The van der Waals surface area contributed by atoms with Crippen molar-refractivity contribution in [2.45, 2.75) is 26.8 Å². The van der Waals surface area contributed by atoms with Gasteiger partial charge in [0.25, 0.3) is 5.91 Å². The van der Waals surface area contributed by atoms with Crippen molar-refractivity contribution in [1.82, 2.24) is 9.55 Å². The zero-order chi connectivity index (χ0) is 24.5. The van der Waals surface area contributed by atoms with E-state index in [9.17, 15) is 9.90 Å². The molecule has 0 bridgehead atoms. The molecule has 0 radical (unpaired) electrons. The van der Waals surface area contributed by atoms with Crippen molar-refractivity contribution in [3.05, 3.63) is 88.9 Å². The van der Waals surface area contributed by atoms with Crippen molar-refractivity contribution in [2.24, 2.45) is 10.2 Å². The molecule has 0 saturated heterocycles. The van der Waals surface area contributed by atoms with E-state index in [4.69, 9.17) is 16.6 Å². The molecule has 1 amide bonds. The summed E-state index contributed by atoms with van der Waals surface area (Å²) >= 11 is 6.21. The largest absolute Gasteiger partial charge is 0.493 e. The van der Waals surface area contributed by atoms with Crippen LogP contribution in [0.15, 0.2) is 83.0 Å². The molecule has 5 rings (SSSR count). The van der Waals surface area contributed by atoms with Crippen LogP contribution in [0, 0.1) is 6.92 Å². The van der Waals surface area contributed by atoms with Crippen molar-refractivity contribution in [2.75, 3.05) is 0 Å². The maximum atomic E-state index is 13.4. The Morgan fingerprint density at radius 2 is 1.83 bits per heavy atom. The second kappa shape index (κ2) is 9.31. The predicted octanol–water partition coefficient (Wildman–Crippen LogP) is 7.86. The molecule has 174 valence electrons. The average Bonchev–Trinajstić information content (AvgIpc) is 3.12. The third kappa shape index (κ3) is 4.29. The number of hydrogen-bond acceptors (Lipinski definition) is 4. The van der Waals surface area contributed by atoms with Gasteiger partial charge in [0.05, 0.1) is 22.3 Å². The summed E-state index contributed by atoms with van der Waals surface area (Å²) in [5.74, 6) is -0.556. The topological polar surface area (TPSA) is 79.8 Å². The fourth-order valence-corrected chi connectivity index (χ4v) is 4.44. The minimum absolute atomic E-state index is 0.0407. The molecular formula is C28H23ClN4O2. The van der Waals surface area contributed by atoms with Gasteiger partial charge in [0.15, 0.2) is 5.69 Å². The number of azo groups is 1. The van der Waals surface area contributed by atoms with Gasteiger partial charge in [0.2, 0.25) is 5.88 Å². The Morgan fingerprint density at radius 1 is 1.03 bits per heavy atom. The lowest BCUT2D eigenvalue weighted by Gasteiger charge is -2.08. The van der Waals surface area contributed by atoms with Crippen molar-refractivity contribution in [3.8, 4) is 17.1 Å². The van der Waals surface area contributed by atoms with Crippen LogP contribution in [-0.2, 0) is 6.54 Å². The van der Waals surface area contributed by atoms with Crippen LogP contribution in [0.5, 0.6) is 5.88 Å². The normalized spacial score (nSPS) is 11.6. The highest BCUT2D eigenvalue weighted by Gasteiger charge is 2.19. The summed E-state index contributed by atoms with van der Waals surface area (Å²) in [5.41, 5.74) is 4.69. The molecule has 0 aliphatic heterocycles. The minimum atomic E-state index is -0.516. The van der Waals surface area contributed by atoms with Crippen molar-refractivity contribution in [1.29, 1.82) is 0 Å². The maximum absolute atomic E-state index is 13.4. The first kappa shape index (κ1) is 22.7. The van der Waals surface area contributed by atoms with E-state index < -0.39 is 5.91 Å². The molecule has 35 heavy (non-hydrogen) atoms. The molecule has 6 nitrogen and oxygen atoms in total. The third-order valence-electron chi connectivity index (χ3n) is 5.92. The lowest BCUT2D eigenvalue weighted by molar-refractivity contribution is 0.0996. The number of nitrogens with zero attached hydrogens (tertiary/aromatic N) is 4. The van der Waals surface area contributed by atoms with Gasteiger partial charge in [-0.25, -0.2) is 4.98 Å². The number of fused-ring (bicyclic) bond motifs is 2. The number of pyridine rings is 1. The molecule has 0 fully saturated rings. The first-order valence-corrected chi connectivity index (χ1v) is 11.8. The third-order valence-corrected chi connectivity index (χ3v) is 6.16. The quantitative estimate of drug-likeness (QED) is 0.259. The molecule has 2 heterocycles. The molecule has 7 heteroatoms. The Bertz CT molecular complexity index is 1610. The van der Waals surface area contributed by atoms with Gasteiger partial charge in [0, 0.05) is 27.9 Å². The van der Waals surface area contributed by atoms with E-state index in [2.05, 4.69) is 10.2 Å². The summed E-state index contributed by atoms with van der Waals surface area (Å²) in [6, 6.07) is 22.5. The highest BCUT2D eigenvalue weighted by molar-refractivity contribution is 6.31. The molecular weight excluding hydrogens is 460 g/mol. The number of hydrogen-bond donors (Lipinski definition) is 1. The number of rotatable bonds is 5. The van der Waals surface area contributed by atoms with Gasteiger partial charge in [-0.3, -0.25) is 4.79 Å². The minimum Gasteiger partial charge on any atom is -0.493 e. The molecule has 0 unspecified atom stereocenters. The number of aromatic nitrogens is 2. The standard InChI is InChI=1S/C28H23ClN4O2/c1-3-13-33-25-12-10-19(29)15-22(25)26(28(33)35)31-32-27(34)21-16-24(18-7-5-4-6-8-18)30-23-11-9-17(2)14-20(21)23/h4-12,14-16,35H,3,13H2,1-2H3. The van der Waals surface area contributed by atoms with Gasteiger partial charge < -0.3 is 9.67 Å². The van der Waals surface area contributed by atoms with Crippen LogP contribution in [0.2, 0.25) is 5.02 Å². The number of aryl methyl sites for hydroxylation is 2. The Labute approximate surface area is 207 Å². The fraction of sp³-hybridized carbons (Fsp3) is 0.143. The SMILES string of the molecule is CCCn1c(O)c(N=NC(=O)c2cc(-c3ccccc3)nc3ccc(C)cc23)c2cc(Cl)ccc21. The van der Waals surface area contributed by atoms with Gasteiger partial charge in [-0.15, -0.1) is 10.2 Å². The van der Waals surface area contributed by atoms with Crippen molar-refractivity contribution in [3.63, 3.8) is 0 Å². The summed E-state index contributed by atoms with van der Waals surface area (Å²) in [6.07, 6.45) is 0.820. The van der Waals surface area contributed by atoms with Gasteiger partial charge in [0.1, 0.15) is 0 Å². The Hall–Kier alpha value is -4.03. The van der Waals surface area contributed by atoms with E-state index >= 15 is 0 Å². The number of benzene rings is 3. The van der Waals surface area contributed by atoms with Crippen LogP contribution >= 0.6 is 11.6 Å². The van der Waals surface area contributed by atoms with Gasteiger partial charge in [-0.05, 0) is 49.7 Å². The highest BCUT2D eigenvalue weighted by atomic mass is 35.5. The van der Waals surface area contributed by atoms with E-state index in [0.717, 1.165) is 23.1 Å². The summed E-state index contributed by atoms with van der Waals surface area (Å²) in [6.45, 7) is 4.58. The Balaban J connectivity index is 1.63. The molecule has 0 spiro atoms. The van der Waals surface area contributed by atoms with E-state index in [1.54, 1.807) is 22.8 Å². The second-order valence-corrected chi connectivity index (χ2v) is 8.87. The molecule has 2 aromatic heterocycles. The number of aromatic hydroxyl groups is 1. The van der Waals surface area contributed by atoms with Crippen LogP contribution < -0.4 is 0 Å². The van der Waals surface area contributed by atoms with Crippen LogP contribution in [0.1, 0.15) is 29.3 Å². The second-order valence-electron chi connectivity index (χ2n) is 8.43. The molecule has 0 aliphatic carbocycles. The van der Waals surface area contributed by atoms with Crippen LogP contribution in [0.3, 0.4) is 0 Å². The molecule has 0 atom stereocenters. The van der Waals surface area contributed by atoms with E-state index in [-0.39, 0.29) is 11.6 Å². The van der Waals surface area contributed by atoms with Crippen molar-refractivity contribution >= 4 is 45.0 Å². The first-order chi connectivity index (χ1) is 17.0. The lowest BCUT2D eigenvalue weighted by Crippen LogP contribution is -1.99. The molecule has 0 aliphatic rings. The van der Waals surface area contributed by atoms with Gasteiger partial charge >= 0.3 is 0 Å².